The summed E-state index contributed by atoms with van der Waals surface area (Å²) in [6.07, 6.45) is 1.91. The van der Waals surface area contributed by atoms with Gasteiger partial charge in [0.25, 0.3) is 0 Å². The molecule has 1 aromatic rings. The molecule has 0 amide bonds. The Labute approximate surface area is 118 Å². The minimum atomic E-state index is -0.761. The molecular formula is C14H22N2O2S. The Kier molecular flexibility index (Phi) is 4.13. The number of hydrogen-bond donors (Lipinski definition) is 1. The van der Waals surface area contributed by atoms with Crippen molar-refractivity contribution in [2.45, 2.75) is 40.0 Å². The fourth-order valence-electron chi connectivity index (χ4n) is 2.43. The van der Waals surface area contributed by atoms with Crippen LogP contribution in [0, 0.1) is 11.3 Å². The van der Waals surface area contributed by atoms with Gasteiger partial charge in [0.2, 0.25) is 0 Å². The lowest BCUT2D eigenvalue weighted by Crippen LogP contribution is -2.25. The van der Waals surface area contributed by atoms with Crippen molar-refractivity contribution in [1.29, 1.82) is 0 Å². The van der Waals surface area contributed by atoms with E-state index in [2.05, 4.69) is 30.7 Å². The van der Waals surface area contributed by atoms with Gasteiger partial charge in [0.05, 0.1) is 12.1 Å². The van der Waals surface area contributed by atoms with Crippen LogP contribution < -0.4 is 4.90 Å². The highest BCUT2D eigenvalue weighted by Crippen LogP contribution is 2.36. The van der Waals surface area contributed by atoms with Gasteiger partial charge in [-0.05, 0) is 17.8 Å². The highest BCUT2D eigenvalue weighted by molar-refractivity contribution is 7.13. The van der Waals surface area contributed by atoms with Crippen LogP contribution >= 0.6 is 11.3 Å². The average Bonchev–Trinajstić information content (AvgIpc) is 2.94. The van der Waals surface area contributed by atoms with Crippen molar-refractivity contribution in [3.8, 4) is 0 Å². The zero-order valence-corrected chi connectivity index (χ0v) is 12.7. The van der Waals surface area contributed by atoms with Crippen LogP contribution in [0.4, 0.5) is 5.13 Å². The number of aromatic nitrogens is 1. The molecule has 1 aromatic heterocycles. The maximum Gasteiger partial charge on any atom is 0.303 e. The smallest absolute Gasteiger partial charge is 0.303 e. The predicted molar refractivity (Wildman–Crippen MR) is 77.8 cm³/mol. The Morgan fingerprint density at radius 2 is 2.32 bits per heavy atom. The minimum Gasteiger partial charge on any atom is -0.481 e. The molecule has 1 N–H and O–H groups in total. The fraction of sp³-hybridized carbons (Fsp3) is 0.714. The molecule has 1 fully saturated rings. The van der Waals surface area contributed by atoms with E-state index in [1.54, 1.807) is 11.3 Å². The number of rotatable bonds is 4. The van der Waals surface area contributed by atoms with E-state index in [-0.39, 0.29) is 6.42 Å². The molecule has 5 heteroatoms. The first kappa shape index (κ1) is 14.3. The molecule has 1 aliphatic heterocycles. The average molecular weight is 282 g/mol. The number of hydrogen-bond acceptors (Lipinski definition) is 4. The van der Waals surface area contributed by atoms with Gasteiger partial charge in [-0.1, -0.05) is 20.8 Å². The van der Waals surface area contributed by atoms with E-state index >= 15 is 0 Å². The van der Waals surface area contributed by atoms with Gasteiger partial charge < -0.3 is 10.0 Å². The molecule has 0 aliphatic carbocycles. The summed E-state index contributed by atoms with van der Waals surface area (Å²) in [5.41, 5.74) is 1.25. The molecule has 4 nitrogen and oxygen atoms in total. The number of aliphatic carboxylic acids is 1. The van der Waals surface area contributed by atoms with Crippen LogP contribution in [0.2, 0.25) is 0 Å². The first-order valence-corrected chi connectivity index (χ1v) is 7.65. The Balaban J connectivity index is 1.95. The SMILES string of the molecule is CC(C)(C)C1CCN(c2nc(CCC(=O)O)cs2)C1. The van der Waals surface area contributed by atoms with Crippen LogP contribution in [0.25, 0.3) is 0 Å². The van der Waals surface area contributed by atoms with Gasteiger partial charge in [0.1, 0.15) is 0 Å². The second kappa shape index (κ2) is 5.49. The standard InChI is InChI=1S/C14H22N2O2S/c1-14(2,3)10-6-7-16(8-10)13-15-11(9-19-13)4-5-12(17)18/h9-10H,4-8H2,1-3H3,(H,17,18). The summed E-state index contributed by atoms with van der Waals surface area (Å²) in [6.45, 7) is 9.01. The topological polar surface area (TPSA) is 53.4 Å². The minimum absolute atomic E-state index is 0.161. The summed E-state index contributed by atoms with van der Waals surface area (Å²) < 4.78 is 0. The molecule has 1 atom stereocenters. The molecule has 2 rings (SSSR count). The van der Waals surface area contributed by atoms with Crippen molar-refractivity contribution < 1.29 is 9.90 Å². The van der Waals surface area contributed by atoms with Crippen molar-refractivity contribution in [1.82, 2.24) is 4.98 Å². The van der Waals surface area contributed by atoms with Gasteiger partial charge in [-0.25, -0.2) is 4.98 Å². The third-order valence-corrected chi connectivity index (χ3v) is 4.77. The summed E-state index contributed by atoms with van der Waals surface area (Å²) in [6, 6.07) is 0. The number of anilines is 1. The Bertz CT molecular complexity index is 451. The summed E-state index contributed by atoms with van der Waals surface area (Å²) in [4.78, 5) is 17.5. The molecule has 0 bridgehead atoms. The van der Waals surface area contributed by atoms with E-state index in [1.807, 2.05) is 5.38 Å². The van der Waals surface area contributed by atoms with Crippen molar-refractivity contribution >= 4 is 22.4 Å². The monoisotopic (exact) mass is 282 g/mol. The third-order valence-electron chi connectivity index (χ3n) is 3.82. The summed E-state index contributed by atoms with van der Waals surface area (Å²) >= 11 is 1.63. The van der Waals surface area contributed by atoms with Gasteiger partial charge in [0, 0.05) is 24.9 Å². The number of carboxylic acid groups (broad SMARTS) is 1. The number of thiazole rings is 1. The molecule has 106 valence electrons. The first-order valence-electron chi connectivity index (χ1n) is 6.77. The Hall–Kier alpha value is -1.10. The van der Waals surface area contributed by atoms with E-state index in [0.29, 0.717) is 17.8 Å². The lowest BCUT2D eigenvalue weighted by Gasteiger charge is -2.26. The number of carbonyl (C=O) groups is 1. The Morgan fingerprint density at radius 3 is 2.89 bits per heavy atom. The van der Waals surface area contributed by atoms with Crippen molar-refractivity contribution in [3.63, 3.8) is 0 Å². The maximum absolute atomic E-state index is 10.6. The van der Waals surface area contributed by atoms with Gasteiger partial charge in [-0.2, -0.15) is 0 Å². The van der Waals surface area contributed by atoms with Crippen LogP contribution in [0.1, 0.15) is 39.3 Å². The predicted octanol–water partition coefficient (Wildman–Crippen LogP) is 3.03. The van der Waals surface area contributed by atoms with Crippen molar-refractivity contribution in [3.05, 3.63) is 11.1 Å². The molecule has 19 heavy (non-hydrogen) atoms. The van der Waals surface area contributed by atoms with Gasteiger partial charge in [0.15, 0.2) is 5.13 Å². The van der Waals surface area contributed by atoms with E-state index < -0.39 is 5.97 Å². The van der Waals surface area contributed by atoms with E-state index in [4.69, 9.17) is 5.11 Å². The molecule has 2 heterocycles. The number of carboxylic acids is 1. The maximum atomic E-state index is 10.6. The molecule has 1 unspecified atom stereocenters. The zero-order chi connectivity index (χ0) is 14.0. The van der Waals surface area contributed by atoms with Crippen LogP contribution in [0.5, 0.6) is 0 Å². The fourth-order valence-corrected chi connectivity index (χ4v) is 3.33. The van der Waals surface area contributed by atoms with Crippen LogP contribution in [0.15, 0.2) is 5.38 Å². The zero-order valence-electron chi connectivity index (χ0n) is 11.8. The summed E-state index contributed by atoms with van der Waals surface area (Å²) in [5.74, 6) is -0.0533. The molecule has 1 saturated heterocycles. The van der Waals surface area contributed by atoms with Crippen molar-refractivity contribution in [2.24, 2.45) is 11.3 Å². The van der Waals surface area contributed by atoms with Gasteiger partial charge >= 0.3 is 5.97 Å². The third kappa shape index (κ3) is 3.69. The number of nitrogens with zero attached hydrogens (tertiary/aromatic N) is 2. The van der Waals surface area contributed by atoms with E-state index in [9.17, 15) is 4.79 Å². The summed E-state index contributed by atoms with van der Waals surface area (Å²) in [5, 5.41) is 11.7. The normalized spacial score (nSPS) is 19.9. The quantitative estimate of drug-likeness (QED) is 0.922. The Morgan fingerprint density at radius 1 is 1.58 bits per heavy atom. The molecule has 0 spiro atoms. The van der Waals surface area contributed by atoms with Crippen LogP contribution in [0.3, 0.4) is 0 Å². The van der Waals surface area contributed by atoms with Gasteiger partial charge in [-0.3, -0.25) is 4.79 Å². The van der Waals surface area contributed by atoms with E-state index in [0.717, 1.165) is 23.9 Å². The molecule has 0 radical (unpaired) electrons. The lowest BCUT2D eigenvalue weighted by atomic mass is 9.80. The highest BCUT2D eigenvalue weighted by atomic mass is 32.1. The van der Waals surface area contributed by atoms with Gasteiger partial charge in [-0.15, -0.1) is 11.3 Å². The second-order valence-electron chi connectivity index (χ2n) is 6.31. The molecular weight excluding hydrogens is 260 g/mol. The second-order valence-corrected chi connectivity index (χ2v) is 7.15. The van der Waals surface area contributed by atoms with E-state index in [1.165, 1.54) is 6.42 Å². The molecule has 0 aromatic carbocycles. The van der Waals surface area contributed by atoms with Crippen LogP contribution in [-0.2, 0) is 11.2 Å². The van der Waals surface area contributed by atoms with Crippen LogP contribution in [-0.4, -0.2) is 29.1 Å². The highest BCUT2D eigenvalue weighted by Gasteiger charge is 2.32. The summed E-state index contributed by atoms with van der Waals surface area (Å²) in [7, 11) is 0. The number of aryl methyl sites for hydroxylation is 1. The lowest BCUT2D eigenvalue weighted by molar-refractivity contribution is -0.136. The molecule has 0 saturated carbocycles. The van der Waals surface area contributed by atoms with Crippen molar-refractivity contribution in [2.75, 3.05) is 18.0 Å². The largest absolute Gasteiger partial charge is 0.481 e. The molecule has 1 aliphatic rings. The first-order chi connectivity index (χ1) is 8.86.